The van der Waals surface area contributed by atoms with Crippen LogP contribution >= 0.6 is 23.2 Å². The van der Waals surface area contributed by atoms with Crippen molar-refractivity contribution in [1.29, 1.82) is 0 Å². The van der Waals surface area contributed by atoms with Gasteiger partial charge in [-0.1, -0.05) is 35.3 Å². The van der Waals surface area contributed by atoms with E-state index in [0.29, 0.717) is 23.2 Å². The van der Waals surface area contributed by atoms with Crippen LogP contribution < -0.4 is 14.8 Å². The molecule has 2 rings (SSSR count). The van der Waals surface area contributed by atoms with E-state index in [-0.39, 0.29) is 0 Å². The highest BCUT2D eigenvalue weighted by molar-refractivity contribution is 6.36. The van der Waals surface area contributed by atoms with Crippen LogP contribution in [0.25, 0.3) is 0 Å². The Morgan fingerprint density at radius 1 is 1.14 bits per heavy atom. The molecule has 0 unspecified atom stereocenters. The summed E-state index contributed by atoms with van der Waals surface area (Å²) in [5.74, 6) is 1.47. The van der Waals surface area contributed by atoms with Crippen molar-refractivity contribution < 1.29 is 9.47 Å². The molecule has 0 bridgehead atoms. The molecule has 0 heterocycles. The van der Waals surface area contributed by atoms with Gasteiger partial charge in [0.15, 0.2) is 11.5 Å². The van der Waals surface area contributed by atoms with Crippen molar-refractivity contribution in [3.8, 4) is 11.5 Å². The molecule has 0 aliphatic carbocycles. The van der Waals surface area contributed by atoms with E-state index >= 15 is 0 Å². The van der Waals surface area contributed by atoms with Crippen LogP contribution in [0.15, 0.2) is 36.4 Å². The minimum atomic E-state index is 0.575. The summed E-state index contributed by atoms with van der Waals surface area (Å²) in [7, 11) is 1.64. The predicted molar refractivity (Wildman–Crippen MR) is 88.0 cm³/mol. The lowest BCUT2D eigenvalue weighted by Crippen LogP contribution is -2.04. The van der Waals surface area contributed by atoms with Gasteiger partial charge in [-0.3, -0.25) is 0 Å². The standard InChI is InChI=1S/C16H17Cl2NO2/c1-3-21-15-6-4-5-11(16(15)20-2)10-19-14-8-7-12(17)9-13(14)18/h4-9,19H,3,10H2,1-2H3. The predicted octanol–water partition coefficient (Wildman–Crippen LogP) is 5.01. The molecule has 0 saturated carbocycles. The molecule has 2 aromatic rings. The number of halogens is 2. The largest absolute Gasteiger partial charge is 0.493 e. The van der Waals surface area contributed by atoms with Crippen molar-refractivity contribution in [2.75, 3.05) is 19.0 Å². The first-order valence-corrected chi connectivity index (χ1v) is 7.39. The van der Waals surface area contributed by atoms with Crippen molar-refractivity contribution in [2.45, 2.75) is 13.5 Å². The lowest BCUT2D eigenvalue weighted by molar-refractivity contribution is 0.309. The van der Waals surface area contributed by atoms with Gasteiger partial charge >= 0.3 is 0 Å². The number of nitrogens with one attached hydrogen (secondary N) is 1. The van der Waals surface area contributed by atoms with Gasteiger partial charge in [0.2, 0.25) is 0 Å². The first-order chi connectivity index (χ1) is 10.2. The van der Waals surface area contributed by atoms with Gasteiger partial charge in [-0.05, 0) is 31.2 Å². The summed E-state index contributed by atoms with van der Waals surface area (Å²) in [6.45, 7) is 3.11. The van der Waals surface area contributed by atoms with Crippen molar-refractivity contribution in [2.24, 2.45) is 0 Å². The average molecular weight is 326 g/mol. The number of methoxy groups -OCH3 is 1. The lowest BCUT2D eigenvalue weighted by Gasteiger charge is -2.15. The smallest absolute Gasteiger partial charge is 0.165 e. The number of rotatable bonds is 6. The molecule has 1 N–H and O–H groups in total. The maximum absolute atomic E-state index is 6.15. The Kier molecular flexibility index (Phi) is 5.59. The van der Waals surface area contributed by atoms with Crippen molar-refractivity contribution in [1.82, 2.24) is 0 Å². The maximum Gasteiger partial charge on any atom is 0.165 e. The van der Waals surface area contributed by atoms with Crippen LogP contribution in [-0.2, 0) is 6.54 Å². The monoisotopic (exact) mass is 325 g/mol. The minimum absolute atomic E-state index is 0.575. The molecule has 0 saturated heterocycles. The maximum atomic E-state index is 6.15. The van der Waals surface area contributed by atoms with Crippen LogP contribution in [0.3, 0.4) is 0 Å². The normalized spacial score (nSPS) is 10.3. The second-order valence-corrected chi connectivity index (χ2v) is 5.20. The van der Waals surface area contributed by atoms with Crippen LogP contribution in [0, 0.1) is 0 Å². The quantitative estimate of drug-likeness (QED) is 0.809. The Hall–Kier alpha value is -1.58. The van der Waals surface area contributed by atoms with Gasteiger partial charge in [-0.15, -0.1) is 0 Å². The van der Waals surface area contributed by atoms with Gasteiger partial charge in [0.25, 0.3) is 0 Å². The van der Waals surface area contributed by atoms with Crippen molar-refractivity contribution in [3.05, 3.63) is 52.0 Å². The third kappa shape index (κ3) is 3.96. The number of anilines is 1. The number of ether oxygens (including phenoxy) is 2. The molecule has 0 aliphatic rings. The molecular weight excluding hydrogens is 309 g/mol. The van der Waals surface area contributed by atoms with E-state index < -0.39 is 0 Å². The fourth-order valence-corrected chi connectivity index (χ4v) is 2.50. The molecule has 5 heteroatoms. The molecule has 0 radical (unpaired) electrons. The van der Waals surface area contributed by atoms with E-state index in [1.807, 2.05) is 31.2 Å². The number of hydrogen-bond donors (Lipinski definition) is 1. The highest BCUT2D eigenvalue weighted by Crippen LogP contribution is 2.32. The molecule has 0 amide bonds. The van der Waals surface area contributed by atoms with Gasteiger partial charge in [-0.25, -0.2) is 0 Å². The van der Waals surface area contributed by atoms with Gasteiger partial charge in [0.1, 0.15) is 0 Å². The van der Waals surface area contributed by atoms with Gasteiger partial charge < -0.3 is 14.8 Å². The van der Waals surface area contributed by atoms with Crippen molar-refractivity contribution in [3.63, 3.8) is 0 Å². The minimum Gasteiger partial charge on any atom is -0.493 e. The number of para-hydroxylation sites is 1. The summed E-state index contributed by atoms with van der Waals surface area (Å²) in [4.78, 5) is 0. The molecule has 0 atom stereocenters. The summed E-state index contributed by atoms with van der Waals surface area (Å²) in [6, 6.07) is 11.2. The summed E-state index contributed by atoms with van der Waals surface area (Å²) in [6.07, 6.45) is 0. The molecule has 3 nitrogen and oxygen atoms in total. The average Bonchev–Trinajstić information content (AvgIpc) is 2.47. The second-order valence-electron chi connectivity index (χ2n) is 4.36. The van der Waals surface area contributed by atoms with Gasteiger partial charge in [-0.2, -0.15) is 0 Å². The van der Waals surface area contributed by atoms with Crippen LogP contribution in [0.1, 0.15) is 12.5 Å². The number of benzene rings is 2. The second kappa shape index (κ2) is 7.43. The Balaban J connectivity index is 2.17. The summed E-state index contributed by atoms with van der Waals surface area (Å²) in [5, 5.41) is 4.47. The zero-order valence-electron chi connectivity index (χ0n) is 12.0. The van der Waals surface area contributed by atoms with Crippen LogP contribution in [0.4, 0.5) is 5.69 Å². The summed E-state index contributed by atoms with van der Waals surface area (Å²) in [5.41, 5.74) is 1.82. The Morgan fingerprint density at radius 2 is 1.95 bits per heavy atom. The summed E-state index contributed by atoms with van der Waals surface area (Å²) < 4.78 is 11.0. The van der Waals surface area contributed by atoms with Crippen LogP contribution in [0.5, 0.6) is 11.5 Å². The fraction of sp³-hybridized carbons (Fsp3) is 0.250. The summed E-state index contributed by atoms with van der Waals surface area (Å²) >= 11 is 12.0. The fourth-order valence-electron chi connectivity index (χ4n) is 2.02. The van der Waals surface area contributed by atoms with E-state index in [4.69, 9.17) is 32.7 Å². The van der Waals surface area contributed by atoms with Crippen LogP contribution in [-0.4, -0.2) is 13.7 Å². The molecular formula is C16H17Cl2NO2. The highest BCUT2D eigenvalue weighted by atomic mass is 35.5. The Labute approximate surface area is 134 Å². The van der Waals surface area contributed by atoms with E-state index in [1.54, 1.807) is 19.2 Å². The van der Waals surface area contributed by atoms with E-state index in [2.05, 4.69) is 5.32 Å². The molecule has 2 aromatic carbocycles. The number of hydrogen-bond acceptors (Lipinski definition) is 3. The third-order valence-electron chi connectivity index (χ3n) is 2.96. The van der Waals surface area contributed by atoms with Crippen molar-refractivity contribution >= 4 is 28.9 Å². The third-order valence-corrected chi connectivity index (χ3v) is 3.51. The molecule has 21 heavy (non-hydrogen) atoms. The van der Waals surface area contributed by atoms with E-state index in [1.165, 1.54) is 0 Å². The molecule has 0 spiro atoms. The first kappa shape index (κ1) is 15.8. The molecule has 0 aromatic heterocycles. The molecule has 112 valence electrons. The molecule has 0 fully saturated rings. The van der Waals surface area contributed by atoms with E-state index in [9.17, 15) is 0 Å². The Bertz CT molecular complexity index is 617. The van der Waals surface area contributed by atoms with Gasteiger partial charge in [0, 0.05) is 17.1 Å². The zero-order valence-corrected chi connectivity index (χ0v) is 13.5. The highest BCUT2D eigenvalue weighted by Gasteiger charge is 2.10. The lowest BCUT2D eigenvalue weighted by atomic mass is 10.1. The van der Waals surface area contributed by atoms with Gasteiger partial charge in [0.05, 0.1) is 24.4 Å². The first-order valence-electron chi connectivity index (χ1n) is 6.63. The molecule has 0 aliphatic heterocycles. The zero-order chi connectivity index (χ0) is 15.2. The topological polar surface area (TPSA) is 30.5 Å². The SMILES string of the molecule is CCOc1cccc(CNc2ccc(Cl)cc2Cl)c1OC. The van der Waals surface area contributed by atoms with Crippen LogP contribution in [0.2, 0.25) is 10.0 Å². The van der Waals surface area contributed by atoms with E-state index in [0.717, 1.165) is 22.7 Å². The Morgan fingerprint density at radius 3 is 2.62 bits per heavy atom.